The molecule has 0 saturated heterocycles. The Balaban J connectivity index is 2.32. The van der Waals surface area contributed by atoms with Crippen molar-refractivity contribution in [2.45, 2.75) is 0 Å². The molecule has 0 aliphatic carbocycles. The molecule has 0 fully saturated rings. The molecule has 2 amide bonds. The average molecular weight is 250 g/mol. The predicted octanol–water partition coefficient (Wildman–Crippen LogP) is -0.706. The zero-order valence-electron chi connectivity index (χ0n) is 9.92. The van der Waals surface area contributed by atoms with Crippen molar-refractivity contribution < 1.29 is 14.3 Å². The van der Waals surface area contributed by atoms with Gasteiger partial charge in [-0.2, -0.15) is 5.10 Å². The van der Waals surface area contributed by atoms with Crippen molar-refractivity contribution in [1.29, 1.82) is 0 Å². The Kier molecular flexibility index (Phi) is 6.05. The first-order valence-corrected chi connectivity index (χ1v) is 5.24. The van der Waals surface area contributed by atoms with Crippen LogP contribution in [0, 0.1) is 0 Å². The van der Waals surface area contributed by atoms with Gasteiger partial charge >= 0.3 is 11.8 Å². The molecule has 0 bridgehead atoms. The second kappa shape index (κ2) is 7.91. The maximum atomic E-state index is 11.2. The minimum atomic E-state index is -0.823. The van der Waals surface area contributed by atoms with E-state index in [2.05, 4.69) is 20.8 Å². The highest BCUT2D eigenvalue weighted by atomic mass is 16.5. The number of ether oxygens (including phenoxy) is 1. The van der Waals surface area contributed by atoms with E-state index in [0.717, 1.165) is 5.56 Å². The quantitative estimate of drug-likeness (QED) is 0.312. The number of nitrogens with one attached hydrogen (secondary N) is 2. The number of nitrogens with zero attached hydrogens (tertiary/aromatic N) is 2. The second-order valence-electron chi connectivity index (χ2n) is 3.23. The molecular formula is C11H14N4O3. The molecule has 0 aliphatic rings. The van der Waals surface area contributed by atoms with Gasteiger partial charge in [0.25, 0.3) is 0 Å². The Hall–Kier alpha value is -2.28. The molecular weight excluding hydrogens is 236 g/mol. The number of aromatic nitrogens is 1. The molecule has 0 aliphatic heterocycles. The molecule has 1 aromatic heterocycles. The summed E-state index contributed by atoms with van der Waals surface area (Å²) in [5, 5.41) is 6.02. The van der Waals surface area contributed by atoms with Crippen molar-refractivity contribution in [2.75, 3.05) is 20.3 Å². The molecule has 0 unspecified atom stereocenters. The van der Waals surface area contributed by atoms with E-state index in [0.29, 0.717) is 6.61 Å². The first-order chi connectivity index (χ1) is 8.74. The third-order valence-electron chi connectivity index (χ3n) is 1.88. The molecule has 2 N–H and O–H groups in total. The van der Waals surface area contributed by atoms with Gasteiger partial charge in [0.2, 0.25) is 0 Å². The number of carbonyl (C=O) groups is 2. The van der Waals surface area contributed by atoms with E-state index in [-0.39, 0.29) is 6.54 Å². The molecule has 0 atom stereocenters. The lowest BCUT2D eigenvalue weighted by Crippen LogP contribution is -2.39. The van der Waals surface area contributed by atoms with Gasteiger partial charge in [-0.15, -0.1) is 0 Å². The van der Waals surface area contributed by atoms with E-state index < -0.39 is 11.8 Å². The Morgan fingerprint density at radius 3 is 2.78 bits per heavy atom. The number of rotatable bonds is 5. The fourth-order valence-electron chi connectivity index (χ4n) is 1.01. The number of amides is 2. The van der Waals surface area contributed by atoms with Gasteiger partial charge in [-0.1, -0.05) is 0 Å². The molecule has 0 aromatic carbocycles. The number of methoxy groups -OCH3 is 1. The van der Waals surface area contributed by atoms with Crippen molar-refractivity contribution >= 4 is 18.0 Å². The maximum Gasteiger partial charge on any atom is 0.329 e. The number of hydrogen-bond donors (Lipinski definition) is 2. The highest BCUT2D eigenvalue weighted by Gasteiger charge is 2.10. The van der Waals surface area contributed by atoms with Gasteiger partial charge in [0.15, 0.2) is 0 Å². The first kappa shape index (κ1) is 13.8. The minimum absolute atomic E-state index is 0.275. The number of pyridine rings is 1. The zero-order valence-corrected chi connectivity index (χ0v) is 9.92. The highest BCUT2D eigenvalue weighted by Crippen LogP contribution is 1.89. The van der Waals surface area contributed by atoms with E-state index >= 15 is 0 Å². The summed E-state index contributed by atoms with van der Waals surface area (Å²) >= 11 is 0. The van der Waals surface area contributed by atoms with Gasteiger partial charge in [0, 0.05) is 26.0 Å². The summed E-state index contributed by atoms with van der Waals surface area (Å²) in [7, 11) is 1.51. The fraction of sp³-hybridized carbons (Fsp3) is 0.273. The zero-order chi connectivity index (χ0) is 13.2. The average Bonchev–Trinajstić information content (AvgIpc) is 2.40. The van der Waals surface area contributed by atoms with Crippen LogP contribution in [0.15, 0.2) is 29.6 Å². The molecule has 0 saturated carbocycles. The largest absolute Gasteiger partial charge is 0.383 e. The lowest BCUT2D eigenvalue weighted by molar-refractivity contribution is -0.139. The van der Waals surface area contributed by atoms with Crippen molar-refractivity contribution in [3.05, 3.63) is 30.1 Å². The summed E-state index contributed by atoms with van der Waals surface area (Å²) < 4.78 is 4.73. The van der Waals surface area contributed by atoms with E-state index in [1.807, 2.05) is 0 Å². The van der Waals surface area contributed by atoms with Gasteiger partial charge in [-0.25, -0.2) is 5.43 Å². The molecule has 7 heteroatoms. The SMILES string of the molecule is COCCNC(=O)C(=O)N/N=C\c1ccncc1. The van der Waals surface area contributed by atoms with Gasteiger partial charge in [-0.05, 0) is 17.7 Å². The molecule has 96 valence electrons. The minimum Gasteiger partial charge on any atom is -0.383 e. The summed E-state index contributed by atoms with van der Waals surface area (Å²) in [5.74, 6) is -1.57. The summed E-state index contributed by atoms with van der Waals surface area (Å²) in [5.41, 5.74) is 2.88. The van der Waals surface area contributed by atoms with E-state index in [1.54, 1.807) is 24.5 Å². The summed E-state index contributed by atoms with van der Waals surface area (Å²) in [4.78, 5) is 26.3. The number of hydrogen-bond acceptors (Lipinski definition) is 5. The first-order valence-electron chi connectivity index (χ1n) is 5.24. The molecule has 1 rings (SSSR count). The van der Waals surface area contributed by atoms with Crippen molar-refractivity contribution in [3.63, 3.8) is 0 Å². The third-order valence-corrected chi connectivity index (χ3v) is 1.88. The molecule has 0 spiro atoms. The molecule has 1 heterocycles. The standard InChI is InChI=1S/C11H14N4O3/c1-18-7-6-13-10(16)11(17)15-14-8-9-2-4-12-5-3-9/h2-5,8H,6-7H2,1H3,(H,13,16)(H,15,17)/b14-8-. The smallest absolute Gasteiger partial charge is 0.329 e. The Morgan fingerprint density at radius 1 is 1.39 bits per heavy atom. The van der Waals surface area contributed by atoms with Gasteiger partial charge in [-0.3, -0.25) is 14.6 Å². The van der Waals surface area contributed by atoms with E-state index in [1.165, 1.54) is 13.3 Å². The molecule has 18 heavy (non-hydrogen) atoms. The van der Waals surface area contributed by atoms with Crippen LogP contribution in [-0.4, -0.2) is 43.3 Å². The Bertz CT molecular complexity index is 420. The van der Waals surface area contributed by atoms with Gasteiger partial charge < -0.3 is 10.1 Å². The van der Waals surface area contributed by atoms with E-state index in [9.17, 15) is 9.59 Å². The van der Waals surface area contributed by atoms with Gasteiger partial charge in [0.05, 0.1) is 12.8 Å². The van der Waals surface area contributed by atoms with Crippen molar-refractivity contribution in [1.82, 2.24) is 15.7 Å². The normalized spacial score (nSPS) is 10.3. The Labute approximate surface area is 104 Å². The summed E-state index contributed by atoms with van der Waals surface area (Å²) in [6.45, 7) is 0.621. The van der Waals surface area contributed by atoms with Crippen LogP contribution in [0.3, 0.4) is 0 Å². The van der Waals surface area contributed by atoms with Crippen LogP contribution in [-0.2, 0) is 14.3 Å². The van der Waals surface area contributed by atoms with E-state index in [4.69, 9.17) is 4.74 Å². The fourth-order valence-corrected chi connectivity index (χ4v) is 1.01. The number of hydrazone groups is 1. The lowest BCUT2D eigenvalue weighted by atomic mass is 10.3. The lowest BCUT2D eigenvalue weighted by Gasteiger charge is -2.02. The Morgan fingerprint density at radius 2 is 2.11 bits per heavy atom. The highest BCUT2D eigenvalue weighted by molar-refractivity contribution is 6.35. The van der Waals surface area contributed by atoms with Crippen LogP contribution in [0.5, 0.6) is 0 Å². The van der Waals surface area contributed by atoms with Crippen LogP contribution in [0.25, 0.3) is 0 Å². The van der Waals surface area contributed by atoms with Crippen LogP contribution < -0.4 is 10.7 Å². The molecule has 1 aromatic rings. The second-order valence-corrected chi connectivity index (χ2v) is 3.23. The summed E-state index contributed by atoms with van der Waals surface area (Å²) in [6.07, 6.45) is 4.61. The van der Waals surface area contributed by atoms with Crippen LogP contribution in [0.2, 0.25) is 0 Å². The molecule has 0 radical (unpaired) electrons. The molecule has 7 nitrogen and oxygen atoms in total. The number of carbonyl (C=O) groups excluding carboxylic acids is 2. The van der Waals surface area contributed by atoms with Crippen molar-refractivity contribution in [3.8, 4) is 0 Å². The van der Waals surface area contributed by atoms with Crippen LogP contribution in [0.1, 0.15) is 5.56 Å². The van der Waals surface area contributed by atoms with Crippen LogP contribution in [0.4, 0.5) is 0 Å². The monoisotopic (exact) mass is 250 g/mol. The maximum absolute atomic E-state index is 11.2. The van der Waals surface area contributed by atoms with Crippen LogP contribution >= 0.6 is 0 Å². The third kappa shape index (κ3) is 5.17. The summed E-state index contributed by atoms with van der Waals surface area (Å²) in [6, 6.07) is 3.43. The van der Waals surface area contributed by atoms with Crippen molar-refractivity contribution in [2.24, 2.45) is 5.10 Å². The van der Waals surface area contributed by atoms with Gasteiger partial charge in [0.1, 0.15) is 0 Å². The predicted molar refractivity (Wildman–Crippen MR) is 64.9 cm³/mol. The topological polar surface area (TPSA) is 92.7 Å².